The number of allylic oxidation sites excluding steroid dienone is 2. The summed E-state index contributed by atoms with van der Waals surface area (Å²) in [7, 11) is 0. The number of aliphatic carboxylic acids is 1. The average molecular weight is 309 g/mol. The van der Waals surface area contributed by atoms with E-state index in [0.29, 0.717) is 11.8 Å². The van der Waals surface area contributed by atoms with E-state index in [2.05, 4.69) is 19.1 Å². The molecule has 0 spiro atoms. The van der Waals surface area contributed by atoms with E-state index in [4.69, 9.17) is 5.11 Å². The van der Waals surface area contributed by atoms with Crippen LogP contribution in [0.5, 0.6) is 0 Å². The summed E-state index contributed by atoms with van der Waals surface area (Å²) in [5.41, 5.74) is 0.493. The van der Waals surface area contributed by atoms with Crippen LogP contribution in [0.1, 0.15) is 103 Å². The van der Waals surface area contributed by atoms with Crippen LogP contribution in [-0.2, 0) is 4.79 Å². The Morgan fingerprint density at radius 2 is 1.64 bits per heavy atom. The van der Waals surface area contributed by atoms with Gasteiger partial charge in [0, 0.05) is 6.42 Å². The van der Waals surface area contributed by atoms with Crippen molar-refractivity contribution in [3.8, 4) is 0 Å². The molecular formula is C20H36O2. The SMILES string of the molecule is CCCCCCC1(CCCCCCCC(=O)O)C=CCCC1. The second-order valence-electron chi connectivity index (χ2n) is 7.13. The molecule has 1 unspecified atom stereocenters. The van der Waals surface area contributed by atoms with E-state index in [1.54, 1.807) is 0 Å². The van der Waals surface area contributed by atoms with Crippen LogP contribution in [0.15, 0.2) is 12.2 Å². The van der Waals surface area contributed by atoms with Crippen molar-refractivity contribution in [1.82, 2.24) is 0 Å². The molecule has 0 saturated carbocycles. The van der Waals surface area contributed by atoms with Gasteiger partial charge in [-0.25, -0.2) is 0 Å². The van der Waals surface area contributed by atoms with Crippen molar-refractivity contribution in [2.75, 3.05) is 0 Å². The predicted molar refractivity (Wildman–Crippen MR) is 94.1 cm³/mol. The Bertz CT molecular complexity index is 322. The molecule has 1 atom stereocenters. The normalized spacial score (nSPS) is 21.1. The lowest BCUT2D eigenvalue weighted by atomic mass is 9.71. The molecule has 1 aliphatic rings. The quantitative estimate of drug-likeness (QED) is 0.311. The third-order valence-corrected chi connectivity index (χ3v) is 5.11. The summed E-state index contributed by atoms with van der Waals surface area (Å²) in [6.45, 7) is 2.28. The largest absolute Gasteiger partial charge is 0.481 e. The molecule has 1 N–H and O–H groups in total. The molecule has 2 heteroatoms. The lowest BCUT2D eigenvalue weighted by Crippen LogP contribution is -2.20. The van der Waals surface area contributed by atoms with Crippen LogP contribution in [0.3, 0.4) is 0 Å². The number of carbonyl (C=O) groups is 1. The van der Waals surface area contributed by atoms with Crippen molar-refractivity contribution < 1.29 is 9.90 Å². The molecule has 1 aliphatic carbocycles. The van der Waals surface area contributed by atoms with Gasteiger partial charge in [0.1, 0.15) is 0 Å². The summed E-state index contributed by atoms with van der Waals surface area (Å²) < 4.78 is 0. The van der Waals surface area contributed by atoms with Crippen LogP contribution in [-0.4, -0.2) is 11.1 Å². The summed E-state index contributed by atoms with van der Waals surface area (Å²) in [6, 6.07) is 0. The molecule has 0 aromatic carbocycles. The molecule has 0 fully saturated rings. The van der Waals surface area contributed by atoms with E-state index in [9.17, 15) is 4.79 Å². The second kappa shape index (κ2) is 11.7. The summed E-state index contributed by atoms with van der Waals surface area (Å²) in [5, 5.41) is 8.63. The Labute approximate surface area is 137 Å². The standard InChI is InChI=1S/C20H36O2/c1-2-3-4-10-15-20(17-12-8-13-18-20)16-11-7-5-6-9-14-19(21)22/h12,17H,2-11,13-16,18H2,1H3,(H,21,22). The molecule has 0 amide bonds. The van der Waals surface area contributed by atoms with E-state index < -0.39 is 5.97 Å². The van der Waals surface area contributed by atoms with Crippen LogP contribution in [0.25, 0.3) is 0 Å². The molecule has 0 saturated heterocycles. The maximum Gasteiger partial charge on any atom is 0.303 e. The maximum absolute atomic E-state index is 10.5. The Morgan fingerprint density at radius 3 is 2.23 bits per heavy atom. The van der Waals surface area contributed by atoms with E-state index in [1.807, 2.05) is 0 Å². The lowest BCUT2D eigenvalue weighted by molar-refractivity contribution is -0.137. The van der Waals surface area contributed by atoms with E-state index in [0.717, 1.165) is 12.8 Å². The highest BCUT2D eigenvalue weighted by atomic mass is 16.4. The summed E-state index contributed by atoms with van der Waals surface area (Å²) in [4.78, 5) is 10.5. The highest BCUT2D eigenvalue weighted by Gasteiger charge is 2.27. The van der Waals surface area contributed by atoms with Gasteiger partial charge in [-0.3, -0.25) is 4.79 Å². The van der Waals surface area contributed by atoms with Gasteiger partial charge < -0.3 is 5.11 Å². The minimum Gasteiger partial charge on any atom is -0.481 e. The first kappa shape index (κ1) is 19.3. The molecular weight excluding hydrogens is 272 g/mol. The lowest BCUT2D eigenvalue weighted by Gasteiger charge is -2.34. The van der Waals surface area contributed by atoms with Crippen LogP contribution in [0, 0.1) is 5.41 Å². The molecule has 0 radical (unpaired) electrons. The number of hydrogen-bond donors (Lipinski definition) is 1. The zero-order valence-electron chi connectivity index (χ0n) is 14.6. The maximum atomic E-state index is 10.5. The molecule has 128 valence electrons. The topological polar surface area (TPSA) is 37.3 Å². The summed E-state index contributed by atoms with van der Waals surface area (Å²) in [5.74, 6) is -0.654. The van der Waals surface area contributed by atoms with Gasteiger partial charge >= 0.3 is 5.97 Å². The van der Waals surface area contributed by atoms with Gasteiger partial charge in [-0.1, -0.05) is 70.4 Å². The molecule has 22 heavy (non-hydrogen) atoms. The number of hydrogen-bond acceptors (Lipinski definition) is 1. The van der Waals surface area contributed by atoms with Crippen molar-refractivity contribution in [2.24, 2.45) is 5.41 Å². The third kappa shape index (κ3) is 8.60. The van der Waals surface area contributed by atoms with Gasteiger partial charge in [-0.05, 0) is 43.9 Å². The van der Waals surface area contributed by atoms with Gasteiger partial charge in [0.25, 0.3) is 0 Å². The smallest absolute Gasteiger partial charge is 0.303 e. The van der Waals surface area contributed by atoms with Crippen LogP contribution >= 0.6 is 0 Å². The Kier molecular flexibility index (Phi) is 10.3. The summed E-state index contributed by atoms with van der Waals surface area (Å²) in [6.07, 6.45) is 23.2. The van der Waals surface area contributed by atoms with Gasteiger partial charge in [-0.15, -0.1) is 0 Å². The van der Waals surface area contributed by atoms with Gasteiger partial charge in [0.05, 0.1) is 0 Å². The zero-order chi connectivity index (χ0) is 16.1. The second-order valence-corrected chi connectivity index (χ2v) is 7.13. The number of rotatable bonds is 13. The highest BCUT2D eigenvalue weighted by molar-refractivity contribution is 5.66. The minimum atomic E-state index is -0.654. The number of carboxylic acid groups (broad SMARTS) is 1. The fourth-order valence-electron chi connectivity index (χ4n) is 3.72. The van der Waals surface area contributed by atoms with Crippen LogP contribution in [0.4, 0.5) is 0 Å². The van der Waals surface area contributed by atoms with Crippen molar-refractivity contribution in [3.63, 3.8) is 0 Å². The first-order chi connectivity index (χ1) is 10.7. The van der Waals surface area contributed by atoms with Gasteiger partial charge in [0.15, 0.2) is 0 Å². The first-order valence-electron chi connectivity index (χ1n) is 9.58. The van der Waals surface area contributed by atoms with Crippen molar-refractivity contribution in [3.05, 3.63) is 12.2 Å². The number of unbranched alkanes of at least 4 members (excludes halogenated alkanes) is 7. The Balaban J connectivity index is 2.19. The summed E-state index contributed by atoms with van der Waals surface area (Å²) >= 11 is 0. The monoisotopic (exact) mass is 308 g/mol. The highest BCUT2D eigenvalue weighted by Crippen LogP contribution is 2.41. The molecule has 0 aliphatic heterocycles. The van der Waals surface area contributed by atoms with E-state index in [-0.39, 0.29) is 0 Å². The molecule has 2 nitrogen and oxygen atoms in total. The Hall–Kier alpha value is -0.790. The zero-order valence-corrected chi connectivity index (χ0v) is 14.6. The Morgan fingerprint density at radius 1 is 1.00 bits per heavy atom. The minimum absolute atomic E-state index is 0.337. The molecule has 1 rings (SSSR count). The van der Waals surface area contributed by atoms with Crippen LogP contribution in [0.2, 0.25) is 0 Å². The van der Waals surface area contributed by atoms with E-state index >= 15 is 0 Å². The first-order valence-corrected chi connectivity index (χ1v) is 9.58. The van der Waals surface area contributed by atoms with Gasteiger partial charge in [-0.2, -0.15) is 0 Å². The molecule has 0 heterocycles. The van der Waals surface area contributed by atoms with E-state index in [1.165, 1.54) is 77.0 Å². The average Bonchev–Trinajstić information content (AvgIpc) is 2.51. The fraction of sp³-hybridized carbons (Fsp3) is 0.850. The molecule has 0 bridgehead atoms. The molecule has 0 aromatic heterocycles. The van der Waals surface area contributed by atoms with Crippen molar-refractivity contribution in [2.45, 2.75) is 103 Å². The van der Waals surface area contributed by atoms with Crippen molar-refractivity contribution >= 4 is 5.97 Å². The molecule has 0 aromatic rings. The van der Waals surface area contributed by atoms with Crippen LogP contribution < -0.4 is 0 Å². The fourth-order valence-corrected chi connectivity index (χ4v) is 3.72. The third-order valence-electron chi connectivity index (χ3n) is 5.11. The number of carboxylic acids is 1. The van der Waals surface area contributed by atoms with Gasteiger partial charge in [0.2, 0.25) is 0 Å². The van der Waals surface area contributed by atoms with Crippen molar-refractivity contribution in [1.29, 1.82) is 0 Å². The predicted octanol–water partition coefficient (Wildman–Crippen LogP) is 6.50.